The lowest BCUT2D eigenvalue weighted by atomic mass is 10.1. The normalized spacial score (nSPS) is 21.6. The van der Waals surface area contributed by atoms with Crippen molar-refractivity contribution in [3.05, 3.63) is 33.4 Å². The standard InChI is InChI=1S/C16H21N5O2S/c1-9-11(7-17-20(9)2)14-13-15(18-12(22)8-24-14)21(19-16(13)23)10-5-3-4-6-10/h7,10,14H,3-6,8H2,1-2H3,(H,18,22)(H,19,23)/t14-/m0/s1. The van der Waals surface area contributed by atoms with Crippen molar-refractivity contribution in [3.8, 4) is 0 Å². The molecule has 3 heterocycles. The van der Waals surface area contributed by atoms with Gasteiger partial charge in [0.1, 0.15) is 5.82 Å². The number of hydrogen-bond acceptors (Lipinski definition) is 4. The number of nitrogens with zero attached hydrogens (tertiary/aromatic N) is 3. The van der Waals surface area contributed by atoms with Crippen LogP contribution in [0.25, 0.3) is 0 Å². The van der Waals surface area contributed by atoms with E-state index in [0.29, 0.717) is 17.1 Å². The molecule has 2 aromatic heterocycles. The van der Waals surface area contributed by atoms with Gasteiger partial charge in [-0.25, -0.2) is 0 Å². The van der Waals surface area contributed by atoms with Gasteiger partial charge in [-0.05, 0) is 19.8 Å². The molecule has 7 nitrogen and oxygen atoms in total. The molecule has 8 heteroatoms. The van der Waals surface area contributed by atoms with Crippen molar-refractivity contribution in [1.29, 1.82) is 0 Å². The first kappa shape index (κ1) is 15.6. The molecule has 1 saturated carbocycles. The van der Waals surface area contributed by atoms with Gasteiger partial charge in [0.15, 0.2) is 0 Å². The summed E-state index contributed by atoms with van der Waals surface area (Å²) in [6, 6.07) is 0.264. The van der Waals surface area contributed by atoms with Crippen molar-refractivity contribution in [2.75, 3.05) is 11.1 Å². The molecule has 1 amide bonds. The summed E-state index contributed by atoms with van der Waals surface area (Å²) in [5.74, 6) is 0.920. The van der Waals surface area contributed by atoms with Gasteiger partial charge in [0.2, 0.25) is 5.91 Å². The number of fused-ring (bicyclic) bond motifs is 1. The van der Waals surface area contributed by atoms with Crippen molar-refractivity contribution < 1.29 is 4.79 Å². The molecule has 1 fully saturated rings. The first-order valence-corrected chi connectivity index (χ1v) is 9.35. The third kappa shape index (κ3) is 2.40. The maximum Gasteiger partial charge on any atom is 0.270 e. The van der Waals surface area contributed by atoms with Gasteiger partial charge < -0.3 is 5.32 Å². The third-order valence-corrected chi connectivity index (χ3v) is 6.36. The first-order valence-electron chi connectivity index (χ1n) is 8.30. The second-order valence-corrected chi connectivity index (χ2v) is 7.65. The second kappa shape index (κ2) is 5.84. The lowest BCUT2D eigenvalue weighted by Gasteiger charge is -2.16. The Morgan fingerprint density at radius 1 is 1.29 bits per heavy atom. The molecule has 2 aliphatic rings. The molecule has 1 atom stereocenters. The molecule has 1 aliphatic heterocycles. The number of thioether (sulfide) groups is 1. The summed E-state index contributed by atoms with van der Waals surface area (Å²) in [4.78, 5) is 24.9. The Morgan fingerprint density at radius 3 is 2.71 bits per heavy atom. The number of carbonyl (C=O) groups excluding carboxylic acids is 1. The second-order valence-electron chi connectivity index (χ2n) is 6.56. The number of aromatic nitrogens is 4. The Balaban J connectivity index is 1.87. The Hall–Kier alpha value is -1.96. The molecule has 0 unspecified atom stereocenters. The van der Waals surface area contributed by atoms with Crippen LogP contribution in [-0.4, -0.2) is 31.2 Å². The Labute approximate surface area is 143 Å². The van der Waals surface area contributed by atoms with E-state index in [0.717, 1.165) is 36.9 Å². The molecule has 128 valence electrons. The average molecular weight is 347 g/mol. The maximum atomic E-state index is 12.7. The van der Waals surface area contributed by atoms with Crippen LogP contribution in [0, 0.1) is 6.92 Å². The number of hydrogen-bond donors (Lipinski definition) is 2. The fraction of sp³-hybridized carbons (Fsp3) is 0.562. The molecule has 0 bridgehead atoms. The van der Waals surface area contributed by atoms with Crippen molar-refractivity contribution in [2.24, 2.45) is 7.05 Å². The number of aromatic amines is 1. The van der Waals surface area contributed by atoms with Gasteiger partial charge in [0.05, 0.1) is 28.8 Å². The predicted octanol–water partition coefficient (Wildman–Crippen LogP) is 2.11. The minimum atomic E-state index is -0.181. The number of nitrogens with one attached hydrogen (secondary N) is 2. The van der Waals surface area contributed by atoms with Crippen LogP contribution in [0.3, 0.4) is 0 Å². The number of aryl methyl sites for hydroxylation is 1. The summed E-state index contributed by atoms with van der Waals surface area (Å²) in [5, 5.41) is 10.1. The zero-order chi connectivity index (χ0) is 16.8. The summed E-state index contributed by atoms with van der Waals surface area (Å²) in [6.45, 7) is 1.99. The lowest BCUT2D eigenvalue weighted by Crippen LogP contribution is -2.18. The van der Waals surface area contributed by atoms with E-state index in [2.05, 4.69) is 15.5 Å². The molecule has 0 spiro atoms. The number of H-pyrrole nitrogens is 1. The van der Waals surface area contributed by atoms with Gasteiger partial charge in [0.25, 0.3) is 5.56 Å². The topological polar surface area (TPSA) is 84.7 Å². The van der Waals surface area contributed by atoms with E-state index in [4.69, 9.17) is 0 Å². The van der Waals surface area contributed by atoms with Gasteiger partial charge in [-0.2, -0.15) is 5.10 Å². The fourth-order valence-corrected chi connectivity index (χ4v) is 4.89. The highest BCUT2D eigenvalue weighted by molar-refractivity contribution is 8.00. The minimum Gasteiger partial charge on any atom is -0.310 e. The zero-order valence-corrected chi connectivity index (χ0v) is 14.7. The molecule has 2 aromatic rings. The van der Waals surface area contributed by atoms with Crippen LogP contribution >= 0.6 is 11.8 Å². The molecule has 2 N–H and O–H groups in total. The number of rotatable bonds is 2. The van der Waals surface area contributed by atoms with Crippen LogP contribution in [0.1, 0.15) is 53.8 Å². The van der Waals surface area contributed by atoms with E-state index in [1.807, 2.05) is 18.7 Å². The number of carbonyl (C=O) groups is 1. The molecule has 0 saturated heterocycles. The molecule has 4 rings (SSSR count). The summed E-state index contributed by atoms with van der Waals surface area (Å²) < 4.78 is 3.70. The van der Waals surface area contributed by atoms with Crippen LogP contribution < -0.4 is 10.9 Å². The summed E-state index contributed by atoms with van der Waals surface area (Å²) in [5.41, 5.74) is 2.55. The van der Waals surface area contributed by atoms with Gasteiger partial charge in [0, 0.05) is 18.3 Å². The van der Waals surface area contributed by atoms with E-state index < -0.39 is 0 Å². The van der Waals surface area contributed by atoms with E-state index >= 15 is 0 Å². The highest BCUT2D eigenvalue weighted by atomic mass is 32.2. The average Bonchev–Trinajstić information content (AvgIpc) is 3.22. The van der Waals surface area contributed by atoms with Gasteiger partial charge in [-0.3, -0.25) is 24.1 Å². The fourth-order valence-electron chi connectivity index (χ4n) is 3.70. The number of anilines is 1. The summed E-state index contributed by atoms with van der Waals surface area (Å²) in [6.07, 6.45) is 6.20. The smallest absolute Gasteiger partial charge is 0.270 e. The summed E-state index contributed by atoms with van der Waals surface area (Å²) >= 11 is 1.49. The minimum absolute atomic E-state index is 0.0592. The van der Waals surface area contributed by atoms with Crippen LogP contribution in [-0.2, 0) is 11.8 Å². The van der Waals surface area contributed by atoms with E-state index in [9.17, 15) is 9.59 Å². The van der Waals surface area contributed by atoms with Crippen molar-refractivity contribution >= 4 is 23.5 Å². The maximum absolute atomic E-state index is 12.7. The van der Waals surface area contributed by atoms with Crippen LogP contribution in [0.5, 0.6) is 0 Å². The van der Waals surface area contributed by atoms with E-state index in [1.54, 1.807) is 10.9 Å². The number of amides is 1. The quantitative estimate of drug-likeness (QED) is 0.871. The zero-order valence-electron chi connectivity index (χ0n) is 13.8. The van der Waals surface area contributed by atoms with Gasteiger partial charge >= 0.3 is 0 Å². The van der Waals surface area contributed by atoms with Crippen molar-refractivity contribution in [2.45, 2.75) is 43.9 Å². The SMILES string of the molecule is Cc1c([C@@H]2SCC(=O)Nc3c2c(=O)[nH]n3C2CCCC2)cnn1C. The molecule has 24 heavy (non-hydrogen) atoms. The third-order valence-electron chi connectivity index (χ3n) is 5.11. The molecule has 0 radical (unpaired) electrons. The molecule has 0 aromatic carbocycles. The first-order chi connectivity index (χ1) is 11.6. The van der Waals surface area contributed by atoms with Gasteiger partial charge in [-0.1, -0.05) is 12.8 Å². The predicted molar refractivity (Wildman–Crippen MR) is 93.4 cm³/mol. The highest BCUT2D eigenvalue weighted by Crippen LogP contribution is 2.42. The van der Waals surface area contributed by atoms with Crippen molar-refractivity contribution in [1.82, 2.24) is 19.6 Å². The monoisotopic (exact) mass is 347 g/mol. The largest absolute Gasteiger partial charge is 0.310 e. The van der Waals surface area contributed by atoms with Crippen LogP contribution in [0.15, 0.2) is 11.0 Å². The van der Waals surface area contributed by atoms with E-state index in [-0.39, 0.29) is 22.8 Å². The van der Waals surface area contributed by atoms with Crippen LogP contribution in [0.2, 0.25) is 0 Å². The molecule has 1 aliphatic carbocycles. The Bertz CT molecular complexity index is 843. The lowest BCUT2D eigenvalue weighted by molar-refractivity contribution is -0.113. The van der Waals surface area contributed by atoms with Crippen molar-refractivity contribution in [3.63, 3.8) is 0 Å². The van der Waals surface area contributed by atoms with Crippen LogP contribution in [0.4, 0.5) is 5.82 Å². The molecular weight excluding hydrogens is 326 g/mol. The highest BCUT2D eigenvalue weighted by Gasteiger charge is 2.34. The van der Waals surface area contributed by atoms with E-state index in [1.165, 1.54) is 11.8 Å². The summed E-state index contributed by atoms with van der Waals surface area (Å²) in [7, 11) is 1.89. The van der Waals surface area contributed by atoms with Gasteiger partial charge in [-0.15, -0.1) is 11.8 Å². The Kier molecular flexibility index (Phi) is 3.79. The Morgan fingerprint density at radius 2 is 2.04 bits per heavy atom. The molecular formula is C16H21N5O2S.